The van der Waals surface area contributed by atoms with Crippen LogP contribution in [0.3, 0.4) is 0 Å². The summed E-state index contributed by atoms with van der Waals surface area (Å²) in [4.78, 5) is 48.2. The van der Waals surface area contributed by atoms with Gasteiger partial charge < -0.3 is 24.3 Å². The Labute approximate surface area is 210 Å². The van der Waals surface area contributed by atoms with Gasteiger partial charge >= 0.3 is 17.9 Å². The number of hydrogen-bond donors (Lipinski definition) is 2. The van der Waals surface area contributed by atoms with Gasteiger partial charge in [-0.3, -0.25) is 19.2 Å². The fourth-order valence-electron chi connectivity index (χ4n) is 3.43. The van der Waals surface area contributed by atoms with Crippen molar-refractivity contribution in [3.8, 4) is 0 Å². The number of benzene rings is 1. The molecule has 1 fully saturated rings. The molecule has 1 saturated heterocycles. The molecule has 0 bridgehead atoms. The third-order valence-corrected chi connectivity index (χ3v) is 5.73. The van der Waals surface area contributed by atoms with Crippen LogP contribution in [-0.4, -0.2) is 58.0 Å². The van der Waals surface area contributed by atoms with Crippen molar-refractivity contribution in [3.05, 3.63) is 35.9 Å². The van der Waals surface area contributed by atoms with Gasteiger partial charge in [-0.1, -0.05) is 65.1 Å². The second kappa shape index (κ2) is 11.1. The van der Waals surface area contributed by atoms with Crippen molar-refractivity contribution in [2.24, 2.45) is 0 Å². The van der Waals surface area contributed by atoms with E-state index in [2.05, 4.69) is 17.9 Å². The molecule has 1 aliphatic heterocycles. The van der Waals surface area contributed by atoms with Crippen LogP contribution in [0.2, 0.25) is 0 Å². The molecule has 2 rings (SSSR count). The zero-order chi connectivity index (χ0) is 25.0. The van der Waals surface area contributed by atoms with Gasteiger partial charge in [-0.25, -0.2) is 0 Å². The molecule has 1 aromatic carbocycles. The molecule has 1 aliphatic rings. The molecule has 9 nitrogen and oxygen atoms in total. The highest BCUT2D eigenvalue weighted by atomic mass is 35.6. The largest absolute Gasteiger partial charge is 0.463 e. The number of alkyl halides is 3. The Balaban J connectivity index is 2.72. The van der Waals surface area contributed by atoms with E-state index >= 15 is 0 Å². The van der Waals surface area contributed by atoms with E-state index in [9.17, 15) is 19.2 Å². The molecular weight excluding hydrogens is 521 g/mol. The van der Waals surface area contributed by atoms with Crippen LogP contribution in [0.25, 0.3) is 0 Å². The van der Waals surface area contributed by atoms with Crippen LogP contribution in [0.4, 0.5) is 0 Å². The average molecular weight is 543 g/mol. The Morgan fingerprint density at radius 2 is 1.61 bits per heavy atom. The summed E-state index contributed by atoms with van der Waals surface area (Å²) in [7, 11) is 0. The summed E-state index contributed by atoms with van der Waals surface area (Å²) >= 11 is 21.9. The molecular formula is C20H22Cl3NO8S. The van der Waals surface area contributed by atoms with Gasteiger partial charge in [0.05, 0.1) is 0 Å². The second-order valence-corrected chi connectivity index (χ2v) is 9.87. The van der Waals surface area contributed by atoms with Crippen molar-refractivity contribution in [1.29, 1.82) is 0 Å². The van der Waals surface area contributed by atoms with E-state index < -0.39 is 56.9 Å². The summed E-state index contributed by atoms with van der Waals surface area (Å²) < 4.78 is 19.5. The highest BCUT2D eigenvalue weighted by Gasteiger charge is 2.61. The molecule has 1 N–H and O–H groups in total. The molecule has 13 heteroatoms. The van der Waals surface area contributed by atoms with Gasteiger partial charge in [0.15, 0.2) is 12.2 Å². The lowest BCUT2D eigenvalue weighted by Gasteiger charge is -2.52. The first-order valence-corrected chi connectivity index (χ1v) is 11.2. The summed E-state index contributed by atoms with van der Waals surface area (Å²) in [5, 5.41) is 2.57. The fraction of sp³-hybridized carbons (Fsp3) is 0.500. The minimum atomic E-state index is -2.40. The summed E-state index contributed by atoms with van der Waals surface area (Å²) in [6.45, 7) is 3.08. The number of carbonyl (C=O) groups is 4. The molecule has 1 heterocycles. The minimum absolute atomic E-state index is 0.349. The molecule has 0 saturated carbocycles. The van der Waals surface area contributed by atoms with Gasteiger partial charge in [-0.2, -0.15) is 0 Å². The van der Waals surface area contributed by atoms with E-state index in [-0.39, 0.29) is 6.61 Å². The number of carbonyl (C=O) groups excluding carboxylic acids is 4. The number of esters is 3. The van der Waals surface area contributed by atoms with Crippen molar-refractivity contribution in [3.63, 3.8) is 0 Å². The maximum atomic E-state index is 12.8. The SMILES string of the molecule is CC(=O)OC[C@H]1O[C@@H](S)[C@](NC(=O)C(Cl)(Cl)Cl)(c2ccccc2)[C@@H](OC(C)=O)[C@@H]1OC(C)=O. The lowest BCUT2D eigenvalue weighted by Crippen LogP contribution is -2.72. The number of rotatable bonds is 6. The van der Waals surface area contributed by atoms with Gasteiger partial charge in [0.1, 0.15) is 23.7 Å². The van der Waals surface area contributed by atoms with E-state index in [0.717, 1.165) is 13.8 Å². The van der Waals surface area contributed by atoms with Gasteiger partial charge in [0.2, 0.25) is 0 Å². The molecule has 5 atom stereocenters. The number of nitrogens with one attached hydrogen (secondary N) is 1. The number of hydrogen-bond acceptors (Lipinski definition) is 9. The first-order chi connectivity index (χ1) is 15.3. The lowest BCUT2D eigenvalue weighted by atomic mass is 9.78. The highest BCUT2D eigenvalue weighted by Crippen LogP contribution is 2.44. The van der Waals surface area contributed by atoms with E-state index in [1.165, 1.54) is 6.92 Å². The third kappa shape index (κ3) is 6.66. The van der Waals surface area contributed by atoms with E-state index in [1.54, 1.807) is 30.3 Å². The minimum Gasteiger partial charge on any atom is -0.463 e. The predicted octanol–water partition coefficient (Wildman–Crippen LogP) is 2.45. The van der Waals surface area contributed by atoms with Crippen LogP contribution in [-0.2, 0) is 43.7 Å². The van der Waals surface area contributed by atoms with Crippen LogP contribution in [0, 0.1) is 0 Å². The van der Waals surface area contributed by atoms with Crippen LogP contribution < -0.4 is 5.32 Å². The van der Waals surface area contributed by atoms with Crippen molar-refractivity contribution >= 4 is 71.2 Å². The second-order valence-electron chi connectivity index (χ2n) is 7.12. The number of ether oxygens (including phenoxy) is 4. The zero-order valence-corrected chi connectivity index (χ0v) is 20.9. The van der Waals surface area contributed by atoms with Gasteiger partial charge in [-0.15, -0.1) is 12.6 Å². The average Bonchev–Trinajstić information content (AvgIpc) is 2.70. The molecule has 0 aromatic heterocycles. The van der Waals surface area contributed by atoms with E-state index in [4.69, 9.17) is 53.8 Å². The number of thiol groups is 1. The smallest absolute Gasteiger partial charge is 0.303 e. The first-order valence-electron chi connectivity index (χ1n) is 9.55. The van der Waals surface area contributed by atoms with Crippen molar-refractivity contribution in [2.45, 2.75) is 53.9 Å². The van der Waals surface area contributed by atoms with Crippen LogP contribution in [0.15, 0.2) is 30.3 Å². The highest BCUT2D eigenvalue weighted by molar-refractivity contribution is 7.80. The molecule has 0 spiro atoms. The molecule has 1 aromatic rings. The van der Waals surface area contributed by atoms with Crippen LogP contribution in [0.5, 0.6) is 0 Å². The summed E-state index contributed by atoms with van der Waals surface area (Å²) in [6.07, 6.45) is -3.87. The Hall–Kier alpha value is -1.72. The molecule has 33 heavy (non-hydrogen) atoms. The van der Waals surface area contributed by atoms with Gasteiger partial charge in [-0.05, 0) is 5.56 Å². The maximum absolute atomic E-state index is 12.8. The Morgan fingerprint density at radius 1 is 1.03 bits per heavy atom. The summed E-state index contributed by atoms with van der Waals surface area (Å²) in [5.74, 6) is -3.21. The molecule has 0 radical (unpaired) electrons. The number of halogens is 3. The van der Waals surface area contributed by atoms with Crippen molar-refractivity contribution < 1.29 is 38.1 Å². The van der Waals surface area contributed by atoms with Gasteiger partial charge in [0, 0.05) is 20.8 Å². The first kappa shape index (κ1) is 27.5. The molecule has 0 unspecified atom stereocenters. The Kier molecular flexibility index (Phi) is 9.29. The molecule has 1 amide bonds. The standard InChI is InChI=1S/C20H22Cl3NO8S/c1-10(25)29-9-14-15(30-11(2)26)16(31-12(3)27)19(18(33)32-14,13-7-5-4-6-8-13)24-17(28)20(21,22)23/h4-8,14-16,18,33H,9H2,1-3H3,(H,24,28)/t14-,15-,16+,18+,19+/m1/s1. The van der Waals surface area contributed by atoms with Crippen molar-refractivity contribution in [1.82, 2.24) is 5.32 Å². The maximum Gasteiger partial charge on any atom is 0.303 e. The van der Waals surface area contributed by atoms with Crippen LogP contribution >= 0.6 is 47.4 Å². The number of amides is 1. The molecule has 0 aliphatic carbocycles. The molecule has 182 valence electrons. The zero-order valence-electron chi connectivity index (χ0n) is 17.8. The van der Waals surface area contributed by atoms with Crippen LogP contribution in [0.1, 0.15) is 26.3 Å². The van der Waals surface area contributed by atoms with E-state index in [0.29, 0.717) is 5.56 Å². The Morgan fingerprint density at radius 3 is 2.09 bits per heavy atom. The quantitative estimate of drug-likeness (QED) is 0.244. The fourth-order valence-corrected chi connectivity index (χ4v) is 4.09. The lowest BCUT2D eigenvalue weighted by molar-refractivity contribution is -0.231. The Bertz CT molecular complexity index is 897. The van der Waals surface area contributed by atoms with Crippen molar-refractivity contribution in [2.75, 3.05) is 6.61 Å². The topological polar surface area (TPSA) is 117 Å². The van der Waals surface area contributed by atoms with Gasteiger partial charge in [0.25, 0.3) is 9.70 Å². The van der Waals surface area contributed by atoms with E-state index in [1.807, 2.05) is 0 Å². The monoisotopic (exact) mass is 541 g/mol. The summed E-state index contributed by atoms with van der Waals surface area (Å²) in [5.41, 5.74) is -2.68. The normalized spacial score (nSPS) is 27.2. The summed E-state index contributed by atoms with van der Waals surface area (Å²) in [6, 6.07) is 8.20. The predicted molar refractivity (Wildman–Crippen MR) is 122 cm³/mol. The third-order valence-electron chi connectivity index (χ3n) is 4.68.